The second-order valence-electron chi connectivity index (χ2n) is 3.85. The number of aliphatic hydroxyl groups excluding tert-OH is 1. The molecule has 3 N–H and O–H groups in total. The van der Waals surface area contributed by atoms with Crippen molar-refractivity contribution in [3.05, 3.63) is 29.8 Å². The highest BCUT2D eigenvalue weighted by molar-refractivity contribution is 5.85. The van der Waals surface area contributed by atoms with Crippen molar-refractivity contribution in [3.8, 4) is 5.75 Å². The molecule has 0 aliphatic carbocycles. The predicted octanol–water partition coefficient (Wildman–Crippen LogP) is 2.28. The average Bonchev–Trinajstić information content (AvgIpc) is 2.18. The highest BCUT2D eigenvalue weighted by atomic mass is 35.5. The van der Waals surface area contributed by atoms with Crippen molar-refractivity contribution in [2.45, 2.75) is 32.4 Å². The maximum Gasteiger partial charge on any atom is 0.119 e. The van der Waals surface area contributed by atoms with E-state index in [1.165, 1.54) is 0 Å². The molecule has 0 aromatic heterocycles. The molecule has 0 saturated carbocycles. The molecule has 0 aliphatic rings. The molecule has 0 radical (unpaired) electrons. The van der Waals surface area contributed by atoms with Crippen molar-refractivity contribution < 1.29 is 9.84 Å². The van der Waals surface area contributed by atoms with Crippen LogP contribution in [0.5, 0.6) is 5.75 Å². The first-order valence-corrected chi connectivity index (χ1v) is 5.26. The fraction of sp³-hybridized carbons (Fsp3) is 0.500. The summed E-state index contributed by atoms with van der Waals surface area (Å²) < 4.78 is 5.52. The van der Waals surface area contributed by atoms with Crippen molar-refractivity contribution in [2.24, 2.45) is 5.73 Å². The number of rotatable bonds is 5. The Morgan fingerprint density at radius 1 is 1.25 bits per heavy atom. The van der Waals surface area contributed by atoms with Crippen LogP contribution >= 0.6 is 12.4 Å². The third-order valence-electron chi connectivity index (χ3n) is 2.12. The van der Waals surface area contributed by atoms with Gasteiger partial charge in [0, 0.05) is 12.6 Å². The van der Waals surface area contributed by atoms with E-state index < -0.39 is 0 Å². The van der Waals surface area contributed by atoms with E-state index in [0.29, 0.717) is 6.42 Å². The first-order chi connectivity index (χ1) is 7.13. The van der Waals surface area contributed by atoms with Gasteiger partial charge < -0.3 is 15.6 Å². The molecule has 0 fully saturated rings. The second kappa shape index (κ2) is 7.49. The van der Waals surface area contributed by atoms with Gasteiger partial charge in [0.15, 0.2) is 0 Å². The fourth-order valence-electron chi connectivity index (χ4n) is 1.37. The van der Waals surface area contributed by atoms with E-state index in [-0.39, 0.29) is 31.2 Å². The standard InChI is InChI=1S/C12H19NO2.ClH/c1-9(2)15-11-5-3-10(4-6-11)12(13)7-8-14;/h3-6,9,12,14H,7-8,13H2,1-2H3;1H/t12-;/m1./s1. The van der Waals surface area contributed by atoms with Gasteiger partial charge in [0.05, 0.1) is 6.10 Å². The molecule has 3 nitrogen and oxygen atoms in total. The second-order valence-corrected chi connectivity index (χ2v) is 3.85. The van der Waals surface area contributed by atoms with Crippen LogP contribution in [0.3, 0.4) is 0 Å². The van der Waals surface area contributed by atoms with Gasteiger partial charge in [-0.3, -0.25) is 0 Å². The lowest BCUT2D eigenvalue weighted by Crippen LogP contribution is -2.12. The lowest BCUT2D eigenvalue weighted by molar-refractivity contribution is 0.242. The molecule has 1 atom stereocenters. The van der Waals surface area contributed by atoms with Crippen LogP contribution in [0.4, 0.5) is 0 Å². The third-order valence-corrected chi connectivity index (χ3v) is 2.12. The van der Waals surface area contributed by atoms with Crippen molar-refractivity contribution in [3.63, 3.8) is 0 Å². The number of hydrogen-bond acceptors (Lipinski definition) is 3. The minimum Gasteiger partial charge on any atom is -0.491 e. The highest BCUT2D eigenvalue weighted by Crippen LogP contribution is 2.18. The summed E-state index contributed by atoms with van der Waals surface area (Å²) in [7, 11) is 0. The molecule has 0 saturated heterocycles. The summed E-state index contributed by atoms with van der Waals surface area (Å²) in [5.74, 6) is 0.852. The number of ether oxygens (including phenoxy) is 1. The number of aliphatic hydroxyl groups is 1. The molecule has 0 spiro atoms. The summed E-state index contributed by atoms with van der Waals surface area (Å²) in [5.41, 5.74) is 6.88. The van der Waals surface area contributed by atoms with Crippen LogP contribution in [0.1, 0.15) is 31.9 Å². The maximum absolute atomic E-state index is 8.77. The Labute approximate surface area is 103 Å². The van der Waals surface area contributed by atoms with E-state index >= 15 is 0 Å². The summed E-state index contributed by atoms with van der Waals surface area (Å²) in [6, 6.07) is 7.61. The fourth-order valence-corrected chi connectivity index (χ4v) is 1.37. The van der Waals surface area contributed by atoms with Crippen LogP contribution < -0.4 is 10.5 Å². The predicted molar refractivity (Wildman–Crippen MR) is 68.1 cm³/mol. The van der Waals surface area contributed by atoms with E-state index in [9.17, 15) is 0 Å². The van der Waals surface area contributed by atoms with Gasteiger partial charge in [-0.2, -0.15) is 0 Å². The zero-order valence-corrected chi connectivity index (χ0v) is 10.5. The number of halogens is 1. The lowest BCUT2D eigenvalue weighted by Gasteiger charge is -2.13. The van der Waals surface area contributed by atoms with Crippen LogP contribution in [0.25, 0.3) is 0 Å². The van der Waals surface area contributed by atoms with Gasteiger partial charge in [0.2, 0.25) is 0 Å². The van der Waals surface area contributed by atoms with Gasteiger partial charge in [0.1, 0.15) is 5.75 Å². The summed E-state index contributed by atoms with van der Waals surface area (Å²) in [5, 5.41) is 8.77. The molecular formula is C12H20ClNO2. The molecule has 0 aliphatic heterocycles. The summed E-state index contributed by atoms with van der Waals surface area (Å²) in [6.45, 7) is 4.10. The van der Waals surface area contributed by atoms with Crippen molar-refractivity contribution in [1.82, 2.24) is 0 Å². The van der Waals surface area contributed by atoms with Gasteiger partial charge in [0.25, 0.3) is 0 Å². The molecule has 4 heteroatoms. The van der Waals surface area contributed by atoms with E-state index in [4.69, 9.17) is 15.6 Å². The van der Waals surface area contributed by atoms with Crippen LogP contribution in [-0.4, -0.2) is 17.8 Å². The van der Waals surface area contributed by atoms with E-state index in [1.54, 1.807) is 0 Å². The molecule has 0 amide bonds. The largest absolute Gasteiger partial charge is 0.491 e. The minimum absolute atomic E-state index is 0. The first-order valence-electron chi connectivity index (χ1n) is 5.26. The third kappa shape index (κ3) is 4.84. The Hall–Kier alpha value is -0.770. The zero-order valence-electron chi connectivity index (χ0n) is 9.72. The summed E-state index contributed by atoms with van der Waals surface area (Å²) in [6.07, 6.45) is 0.770. The smallest absolute Gasteiger partial charge is 0.119 e. The topological polar surface area (TPSA) is 55.5 Å². The van der Waals surface area contributed by atoms with Gasteiger partial charge in [-0.15, -0.1) is 12.4 Å². The number of benzene rings is 1. The first kappa shape index (κ1) is 15.2. The molecule has 1 aromatic rings. The molecule has 1 aromatic carbocycles. The zero-order chi connectivity index (χ0) is 11.3. The van der Waals surface area contributed by atoms with Gasteiger partial charge >= 0.3 is 0 Å². The maximum atomic E-state index is 8.77. The Morgan fingerprint density at radius 2 is 1.81 bits per heavy atom. The van der Waals surface area contributed by atoms with Crippen molar-refractivity contribution >= 4 is 12.4 Å². The van der Waals surface area contributed by atoms with E-state index in [2.05, 4.69) is 0 Å². The lowest BCUT2D eigenvalue weighted by atomic mass is 10.1. The molecular weight excluding hydrogens is 226 g/mol. The van der Waals surface area contributed by atoms with Gasteiger partial charge in [-0.05, 0) is 38.0 Å². The van der Waals surface area contributed by atoms with Crippen molar-refractivity contribution in [2.75, 3.05) is 6.61 Å². The monoisotopic (exact) mass is 245 g/mol. The molecule has 0 heterocycles. The van der Waals surface area contributed by atoms with Crippen LogP contribution in [0.2, 0.25) is 0 Å². The van der Waals surface area contributed by atoms with E-state index in [0.717, 1.165) is 11.3 Å². The minimum atomic E-state index is -0.0944. The van der Waals surface area contributed by atoms with Crippen molar-refractivity contribution in [1.29, 1.82) is 0 Å². The number of hydrogen-bond donors (Lipinski definition) is 2. The van der Waals surface area contributed by atoms with E-state index in [1.807, 2.05) is 38.1 Å². The normalized spacial score (nSPS) is 12.1. The highest BCUT2D eigenvalue weighted by Gasteiger charge is 2.05. The Morgan fingerprint density at radius 3 is 2.25 bits per heavy atom. The Balaban J connectivity index is 0.00000225. The molecule has 1 rings (SSSR count). The number of nitrogens with two attached hydrogens (primary N) is 1. The average molecular weight is 246 g/mol. The van der Waals surface area contributed by atoms with Crippen LogP contribution in [0.15, 0.2) is 24.3 Å². The Bertz CT molecular complexity index is 288. The quantitative estimate of drug-likeness (QED) is 0.837. The summed E-state index contributed by atoms with van der Waals surface area (Å²) in [4.78, 5) is 0. The van der Waals surface area contributed by atoms with Crippen LogP contribution in [-0.2, 0) is 0 Å². The van der Waals surface area contributed by atoms with Crippen LogP contribution in [0, 0.1) is 0 Å². The Kier molecular flexibility index (Phi) is 7.13. The SMILES string of the molecule is CC(C)Oc1ccc([C@H](N)CCO)cc1.Cl. The molecule has 0 bridgehead atoms. The molecule has 92 valence electrons. The van der Waals surface area contributed by atoms with Gasteiger partial charge in [-0.1, -0.05) is 12.1 Å². The summed E-state index contributed by atoms with van der Waals surface area (Å²) >= 11 is 0. The molecule has 0 unspecified atom stereocenters. The molecule has 16 heavy (non-hydrogen) atoms. The van der Waals surface area contributed by atoms with Gasteiger partial charge in [-0.25, -0.2) is 0 Å².